The van der Waals surface area contributed by atoms with Crippen LogP contribution in [0.1, 0.15) is 13.3 Å². The molecule has 0 amide bonds. The van der Waals surface area contributed by atoms with Gasteiger partial charge in [0.1, 0.15) is 0 Å². The molecule has 1 N–H and O–H groups in total. The molecule has 0 aromatic carbocycles. The van der Waals surface area contributed by atoms with E-state index in [1.165, 1.54) is 5.54 Å². The van der Waals surface area contributed by atoms with Gasteiger partial charge in [-0.1, -0.05) is 23.2 Å². The standard InChI is InChI=1S/C8H13Cl2NO/c1-6-8(2-3-12-6)11-5-7(10)4-9/h4,6,8,11H,2-3,5H2,1H3/b7-4-/t6-,8-/m1/s1. The molecule has 0 unspecified atom stereocenters. The fourth-order valence-corrected chi connectivity index (χ4v) is 1.42. The molecule has 1 rings (SSSR count). The van der Waals surface area contributed by atoms with Crippen LogP contribution in [0, 0.1) is 0 Å². The van der Waals surface area contributed by atoms with Gasteiger partial charge < -0.3 is 10.1 Å². The highest BCUT2D eigenvalue weighted by Gasteiger charge is 2.23. The second-order valence-corrected chi connectivity index (χ2v) is 3.61. The second-order valence-electron chi connectivity index (χ2n) is 2.91. The molecule has 70 valence electrons. The predicted octanol–water partition coefficient (Wildman–Crippen LogP) is 2.07. The lowest BCUT2D eigenvalue weighted by molar-refractivity contribution is 0.114. The molecule has 1 aliphatic rings. The second kappa shape index (κ2) is 5.07. The summed E-state index contributed by atoms with van der Waals surface area (Å²) >= 11 is 11.1. The van der Waals surface area contributed by atoms with Gasteiger partial charge in [-0.25, -0.2) is 0 Å². The molecule has 0 aliphatic carbocycles. The number of rotatable bonds is 3. The van der Waals surface area contributed by atoms with Crippen molar-refractivity contribution in [3.63, 3.8) is 0 Å². The summed E-state index contributed by atoms with van der Waals surface area (Å²) in [5.41, 5.74) is 1.38. The highest BCUT2D eigenvalue weighted by atomic mass is 35.5. The molecule has 2 atom stereocenters. The topological polar surface area (TPSA) is 21.3 Å². The maximum Gasteiger partial charge on any atom is 0.0700 e. The van der Waals surface area contributed by atoms with Gasteiger partial charge in [0.15, 0.2) is 0 Å². The Hall–Kier alpha value is 0.240. The summed E-state index contributed by atoms with van der Waals surface area (Å²) in [5, 5.41) is 3.91. The van der Waals surface area contributed by atoms with Gasteiger partial charge in [0.2, 0.25) is 0 Å². The SMILES string of the molecule is C[C@H]1OCC[C@H]1NC/C(Cl)=C/Cl. The molecule has 1 heterocycles. The van der Waals surface area contributed by atoms with Crippen LogP contribution in [0.5, 0.6) is 0 Å². The fourth-order valence-electron chi connectivity index (χ4n) is 1.27. The first-order valence-electron chi connectivity index (χ1n) is 4.03. The molecule has 0 radical (unpaired) electrons. The Kier molecular flexibility index (Phi) is 4.36. The van der Waals surface area contributed by atoms with E-state index < -0.39 is 0 Å². The quantitative estimate of drug-likeness (QED) is 0.769. The monoisotopic (exact) mass is 209 g/mol. The maximum atomic E-state index is 5.72. The van der Waals surface area contributed by atoms with Crippen molar-refractivity contribution in [2.24, 2.45) is 0 Å². The van der Waals surface area contributed by atoms with Crippen molar-refractivity contribution in [2.75, 3.05) is 13.2 Å². The minimum Gasteiger partial charge on any atom is -0.377 e. The minimum atomic E-state index is 0.282. The molecule has 0 bridgehead atoms. The van der Waals surface area contributed by atoms with Gasteiger partial charge in [0.05, 0.1) is 6.10 Å². The Morgan fingerprint density at radius 1 is 1.75 bits per heavy atom. The van der Waals surface area contributed by atoms with Gasteiger partial charge in [0.25, 0.3) is 0 Å². The van der Waals surface area contributed by atoms with E-state index >= 15 is 0 Å². The van der Waals surface area contributed by atoms with Crippen molar-refractivity contribution in [3.05, 3.63) is 10.6 Å². The molecular weight excluding hydrogens is 197 g/mol. The summed E-state index contributed by atoms with van der Waals surface area (Å²) in [4.78, 5) is 0. The van der Waals surface area contributed by atoms with E-state index in [0.29, 0.717) is 17.6 Å². The Morgan fingerprint density at radius 3 is 3.00 bits per heavy atom. The lowest BCUT2D eigenvalue weighted by Crippen LogP contribution is -2.35. The van der Waals surface area contributed by atoms with Crippen molar-refractivity contribution in [1.82, 2.24) is 5.32 Å². The zero-order valence-electron chi connectivity index (χ0n) is 7.02. The molecule has 4 heteroatoms. The van der Waals surface area contributed by atoms with E-state index in [0.717, 1.165) is 13.0 Å². The van der Waals surface area contributed by atoms with Crippen LogP contribution in [0.3, 0.4) is 0 Å². The third-order valence-electron chi connectivity index (χ3n) is 2.03. The van der Waals surface area contributed by atoms with Gasteiger partial charge in [-0.15, -0.1) is 0 Å². The van der Waals surface area contributed by atoms with E-state index in [9.17, 15) is 0 Å². The fraction of sp³-hybridized carbons (Fsp3) is 0.750. The first-order valence-corrected chi connectivity index (χ1v) is 4.85. The molecule has 0 spiro atoms. The van der Waals surface area contributed by atoms with Crippen LogP contribution in [0.25, 0.3) is 0 Å². The molecule has 0 aromatic heterocycles. The van der Waals surface area contributed by atoms with Crippen molar-refractivity contribution in [1.29, 1.82) is 0 Å². The number of halogens is 2. The predicted molar refractivity (Wildman–Crippen MR) is 51.6 cm³/mol. The average molecular weight is 210 g/mol. The van der Waals surface area contributed by atoms with E-state index in [2.05, 4.69) is 12.2 Å². The Labute approximate surface area is 82.9 Å². The van der Waals surface area contributed by atoms with Gasteiger partial charge >= 0.3 is 0 Å². The van der Waals surface area contributed by atoms with Crippen LogP contribution < -0.4 is 5.32 Å². The summed E-state index contributed by atoms with van der Waals surface area (Å²) in [5.74, 6) is 0. The highest BCUT2D eigenvalue weighted by molar-refractivity contribution is 6.36. The highest BCUT2D eigenvalue weighted by Crippen LogP contribution is 2.13. The number of hydrogen-bond donors (Lipinski definition) is 1. The zero-order chi connectivity index (χ0) is 8.97. The molecule has 12 heavy (non-hydrogen) atoms. The third kappa shape index (κ3) is 2.94. The van der Waals surface area contributed by atoms with Crippen LogP contribution >= 0.6 is 23.2 Å². The van der Waals surface area contributed by atoms with Crippen molar-refractivity contribution < 1.29 is 4.74 Å². The maximum absolute atomic E-state index is 5.72. The van der Waals surface area contributed by atoms with Gasteiger partial charge in [0, 0.05) is 29.8 Å². The van der Waals surface area contributed by atoms with Crippen LogP contribution in [0.2, 0.25) is 0 Å². The number of ether oxygens (including phenoxy) is 1. The van der Waals surface area contributed by atoms with E-state index in [4.69, 9.17) is 27.9 Å². The summed E-state index contributed by atoms with van der Waals surface area (Å²) in [6.07, 6.45) is 1.33. The molecule has 1 fully saturated rings. The smallest absolute Gasteiger partial charge is 0.0700 e. The summed E-state index contributed by atoms with van der Waals surface area (Å²) in [7, 11) is 0. The molecule has 1 aliphatic heterocycles. The first kappa shape index (κ1) is 10.3. The van der Waals surface area contributed by atoms with Gasteiger partial charge in [-0.05, 0) is 13.3 Å². The molecule has 0 saturated carbocycles. The van der Waals surface area contributed by atoms with Gasteiger partial charge in [-0.3, -0.25) is 0 Å². The molecule has 1 saturated heterocycles. The number of nitrogens with one attached hydrogen (secondary N) is 1. The summed E-state index contributed by atoms with van der Waals surface area (Å²) in [6, 6.07) is 0.412. The lowest BCUT2D eigenvalue weighted by Gasteiger charge is -2.15. The first-order chi connectivity index (χ1) is 5.74. The summed E-state index contributed by atoms with van der Waals surface area (Å²) < 4.78 is 5.37. The van der Waals surface area contributed by atoms with E-state index in [-0.39, 0.29) is 6.10 Å². The lowest BCUT2D eigenvalue weighted by atomic mass is 10.1. The van der Waals surface area contributed by atoms with Crippen LogP contribution in [-0.2, 0) is 4.74 Å². The largest absolute Gasteiger partial charge is 0.377 e. The molecule has 2 nitrogen and oxygen atoms in total. The van der Waals surface area contributed by atoms with Crippen molar-refractivity contribution in [2.45, 2.75) is 25.5 Å². The zero-order valence-corrected chi connectivity index (χ0v) is 8.53. The minimum absolute atomic E-state index is 0.282. The van der Waals surface area contributed by atoms with Crippen LogP contribution in [0.4, 0.5) is 0 Å². The number of hydrogen-bond acceptors (Lipinski definition) is 2. The third-order valence-corrected chi connectivity index (χ3v) is 2.65. The van der Waals surface area contributed by atoms with Crippen LogP contribution in [0.15, 0.2) is 10.6 Å². The Bertz CT molecular complexity index is 172. The molecule has 0 aromatic rings. The average Bonchev–Trinajstić information content (AvgIpc) is 2.47. The summed E-state index contributed by atoms with van der Waals surface area (Å²) in [6.45, 7) is 3.52. The normalized spacial score (nSPS) is 31.1. The van der Waals surface area contributed by atoms with Crippen molar-refractivity contribution in [3.8, 4) is 0 Å². The Balaban J connectivity index is 2.22. The van der Waals surface area contributed by atoms with E-state index in [1.54, 1.807) is 0 Å². The van der Waals surface area contributed by atoms with Crippen LogP contribution in [-0.4, -0.2) is 25.3 Å². The van der Waals surface area contributed by atoms with Crippen molar-refractivity contribution >= 4 is 23.2 Å². The van der Waals surface area contributed by atoms with E-state index in [1.807, 2.05) is 0 Å². The van der Waals surface area contributed by atoms with Gasteiger partial charge in [-0.2, -0.15) is 0 Å². The Morgan fingerprint density at radius 2 is 2.50 bits per heavy atom. The molecular formula is C8H13Cl2NO.